The van der Waals surface area contributed by atoms with Gasteiger partial charge in [0.2, 0.25) is 11.8 Å². The Bertz CT molecular complexity index is 649. The molecule has 0 aromatic heterocycles. The van der Waals surface area contributed by atoms with Crippen molar-refractivity contribution in [1.82, 2.24) is 10.2 Å². The van der Waals surface area contributed by atoms with Crippen molar-refractivity contribution >= 4 is 17.8 Å². The highest BCUT2D eigenvalue weighted by Gasteiger charge is 2.62. The second-order valence-electron chi connectivity index (χ2n) is 8.35. The van der Waals surface area contributed by atoms with Crippen LogP contribution in [0.3, 0.4) is 0 Å². The van der Waals surface area contributed by atoms with E-state index in [1.54, 1.807) is 6.92 Å². The zero-order valence-electron chi connectivity index (χ0n) is 16.9. The van der Waals surface area contributed by atoms with Gasteiger partial charge in [0.15, 0.2) is 0 Å². The smallest absolute Gasteiger partial charge is 0.332 e. The first-order valence-corrected chi connectivity index (χ1v) is 10.5. The number of carbonyl (C=O) groups is 3. The number of fused-ring (bicyclic) bond motifs is 2. The molecule has 0 spiro atoms. The van der Waals surface area contributed by atoms with E-state index in [-0.39, 0.29) is 43.2 Å². The maximum absolute atomic E-state index is 13.0. The maximum atomic E-state index is 13.0. The van der Waals surface area contributed by atoms with Crippen molar-refractivity contribution < 1.29 is 24.2 Å². The van der Waals surface area contributed by atoms with Crippen molar-refractivity contribution in [2.24, 2.45) is 11.8 Å². The summed E-state index contributed by atoms with van der Waals surface area (Å²) < 4.78 is 5.22. The van der Waals surface area contributed by atoms with Crippen LogP contribution in [0, 0.1) is 11.8 Å². The molecule has 2 heterocycles. The van der Waals surface area contributed by atoms with Gasteiger partial charge in [0.1, 0.15) is 11.6 Å². The minimum absolute atomic E-state index is 0.0879. The molecule has 28 heavy (non-hydrogen) atoms. The van der Waals surface area contributed by atoms with Crippen molar-refractivity contribution in [3.8, 4) is 0 Å². The number of ether oxygens (including phenoxy) is 1. The largest absolute Gasteiger partial charge is 0.464 e. The number of nitrogens with zero attached hydrogens (tertiary/aromatic N) is 1. The number of esters is 1. The molecular formula is C21H32N2O5. The van der Waals surface area contributed by atoms with Crippen LogP contribution >= 0.6 is 0 Å². The predicted molar refractivity (Wildman–Crippen MR) is 103 cm³/mol. The van der Waals surface area contributed by atoms with Crippen molar-refractivity contribution in [2.75, 3.05) is 13.2 Å². The maximum Gasteiger partial charge on any atom is 0.332 e. The summed E-state index contributed by atoms with van der Waals surface area (Å²) in [7, 11) is 0. The molecule has 2 aliphatic heterocycles. The first kappa shape index (κ1) is 20.8. The number of allylic oxidation sites excluding steroid dienone is 1. The lowest BCUT2D eigenvalue weighted by molar-refractivity contribution is -0.150. The minimum atomic E-state index is -1.04. The lowest BCUT2D eigenvalue weighted by Gasteiger charge is -2.28. The molecule has 156 valence electrons. The van der Waals surface area contributed by atoms with E-state index in [9.17, 15) is 19.5 Å². The fourth-order valence-electron chi connectivity index (χ4n) is 4.38. The van der Waals surface area contributed by atoms with Crippen LogP contribution < -0.4 is 5.32 Å². The average Bonchev–Trinajstić information content (AvgIpc) is 3.21. The molecule has 3 rings (SSSR count). The second kappa shape index (κ2) is 8.64. The first-order chi connectivity index (χ1) is 13.4. The minimum Gasteiger partial charge on any atom is -0.464 e. The van der Waals surface area contributed by atoms with Crippen LogP contribution in [0.4, 0.5) is 0 Å². The molecule has 1 aliphatic carbocycles. The van der Waals surface area contributed by atoms with Gasteiger partial charge in [-0.3, -0.25) is 9.59 Å². The van der Waals surface area contributed by atoms with Crippen LogP contribution in [0.15, 0.2) is 12.2 Å². The first-order valence-electron chi connectivity index (χ1n) is 10.5. The van der Waals surface area contributed by atoms with Gasteiger partial charge in [0.05, 0.1) is 12.7 Å². The molecule has 2 fully saturated rings. The third kappa shape index (κ3) is 4.24. The molecule has 1 saturated carbocycles. The van der Waals surface area contributed by atoms with Gasteiger partial charge >= 0.3 is 5.97 Å². The Morgan fingerprint density at radius 1 is 1.36 bits per heavy atom. The van der Waals surface area contributed by atoms with E-state index in [1.807, 2.05) is 13.0 Å². The number of hydrogen-bond donors (Lipinski definition) is 2. The van der Waals surface area contributed by atoms with Crippen LogP contribution in [-0.4, -0.2) is 58.6 Å². The van der Waals surface area contributed by atoms with Gasteiger partial charge in [-0.05, 0) is 32.6 Å². The lowest BCUT2D eigenvalue weighted by Crippen LogP contribution is -2.54. The Kier molecular flexibility index (Phi) is 6.43. The summed E-state index contributed by atoms with van der Waals surface area (Å²) in [6.07, 6.45) is 8.81. The van der Waals surface area contributed by atoms with Crippen molar-refractivity contribution in [3.63, 3.8) is 0 Å². The highest BCUT2D eigenvalue weighted by Crippen LogP contribution is 2.46. The summed E-state index contributed by atoms with van der Waals surface area (Å²) >= 11 is 0. The van der Waals surface area contributed by atoms with Crippen LogP contribution in [-0.2, 0) is 19.1 Å². The van der Waals surface area contributed by atoms with Crippen LogP contribution in [0.1, 0.15) is 58.8 Å². The Hall–Kier alpha value is -1.89. The van der Waals surface area contributed by atoms with E-state index in [0.29, 0.717) is 6.42 Å². The van der Waals surface area contributed by atoms with E-state index < -0.39 is 23.7 Å². The molecule has 0 aromatic carbocycles. The third-order valence-electron chi connectivity index (χ3n) is 6.16. The van der Waals surface area contributed by atoms with Gasteiger partial charge in [-0.15, -0.1) is 0 Å². The fourth-order valence-corrected chi connectivity index (χ4v) is 4.38. The summed E-state index contributed by atoms with van der Waals surface area (Å²) in [5, 5.41) is 13.0. The second-order valence-corrected chi connectivity index (χ2v) is 8.35. The number of hydrogen-bond acceptors (Lipinski definition) is 5. The predicted octanol–water partition coefficient (Wildman–Crippen LogP) is 1.54. The number of carbonyl (C=O) groups excluding carboxylic acids is 3. The monoisotopic (exact) mass is 392 g/mol. The number of aliphatic hydroxyl groups excluding tert-OH is 1. The molecule has 5 atom stereocenters. The van der Waals surface area contributed by atoms with E-state index in [2.05, 4.69) is 11.4 Å². The molecule has 0 radical (unpaired) electrons. The van der Waals surface area contributed by atoms with E-state index >= 15 is 0 Å². The molecule has 1 saturated heterocycles. The highest BCUT2D eigenvalue weighted by atomic mass is 16.5. The molecule has 0 unspecified atom stereocenters. The summed E-state index contributed by atoms with van der Waals surface area (Å²) in [4.78, 5) is 40.0. The topological polar surface area (TPSA) is 95.9 Å². The Labute approximate surface area is 166 Å². The quantitative estimate of drug-likeness (QED) is 0.549. The van der Waals surface area contributed by atoms with E-state index in [1.165, 1.54) is 4.90 Å². The molecule has 0 aromatic rings. The number of rotatable bonds is 2. The Morgan fingerprint density at radius 3 is 2.89 bits per heavy atom. The van der Waals surface area contributed by atoms with Crippen molar-refractivity contribution in [1.29, 1.82) is 0 Å². The van der Waals surface area contributed by atoms with Crippen LogP contribution in [0.2, 0.25) is 0 Å². The number of nitrogens with one attached hydrogen (secondary N) is 1. The van der Waals surface area contributed by atoms with E-state index in [4.69, 9.17) is 4.74 Å². The molecule has 7 heteroatoms. The van der Waals surface area contributed by atoms with Crippen LogP contribution in [0.25, 0.3) is 0 Å². The normalized spacial score (nSPS) is 37.8. The SMILES string of the molecule is CCOC(=O)[C@@]12C[C@H]1/C=C\CCCCC[C@H](C)C(=O)N1C[C@H](O)C[C@H]1C(=O)N2. The Balaban J connectivity index is 1.84. The van der Waals surface area contributed by atoms with Gasteiger partial charge in [-0.1, -0.05) is 31.9 Å². The van der Waals surface area contributed by atoms with Gasteiger partial charge in [0, 0.05) is 24.8 Å². The zero-order valence-corrected chi connectivity index (χ0v) is 16.9. The molecule has 0 bridgehead atoms. The fraction of sp³-hybridized carbons (Fsp3) is 0.762. The average molecular weight is 392 g/mol. The molecule has 2 N–H and O–H groups in total. The van der Waals surface area contributed by atoms with Crippen LogP contribution in [0.5, 0.6) is 0 Å². The number of amides is 2. The third-order valence-corrected chi connectivity index (χ3v) is 6.16. The zero-order chi connectivity index (χ0) is 20.3. The summed E-state index contributed by atoms with van der Waals surface area (Å²) in [6.45, 7) is 4.04. The summed E-state index contributed by atoms with van der Waals surface area (Å²) in [5.41, 5.74) is -1.04. The highest BCUT2D eigenvalue weighted by molar-refractivity contribution is 5.95. The molecular weight excluding hydrogens is 360 g/mol. The van der Waals surface area contributed by atoms with Gasteiger partial charge in [-0.2, -0.15) is 0 Å². The van der Waals surface area contributed by atoms with Gasteiger partial charge in [-0.25, -0.2) is 4.79 Å². The number of aliphatic hydroxyl groups is 1. The van der Waals surface area contributed by atoms with Gasteiger partial charge < -0.3 is 20.1 Å². The molecule has 3 aliphatic rings. The lowest BCUT2D eigenvalue weighted by atomic mass is 10.0. The van der Waals surface area contributed by atoms with Gasteiger partial charge in [0.25, 0.3) is 0 Å². The standard InChI is InChI=1S/C21H32N2O5/c1-3-28-20(27)21-12-15(21)10-8-6-4-5-7-9-14(2)19(26)23-13-16(24)11-17(23)18(25)22-21/h8,10,14-17,24H,3-7,9,11-13H2,1-2H3,(H,22,25)/b10-8-/t14-,15+,16+,17-,21+/m0/s1. The molecule has 7 nitrogen and oxygen atoms in total. The van der Waals surface area contributed by atoms with Crippen molar-refractivity contribution in [2.45, 2.75) is 76.5 Å². The van der Waals surface area contributed by atoms with Crippen molar-refractivity contribution in [3.05, 3.63) is 12.2 Å². The van der Waals surface area contributed by atoms with E-state index in [0.717, 1.165) is 32.1 Å². The summed E-state index contributed by atoms with van der Waals surface area (Å²) in [6, 6.07) is -0.744. The molecule has 2 amide bonds. The summed E-state index contributed by atoms with van der Waals surface area (Å²) in [5.74, 6) is -1.17. The Morgan fingerprint density at radius 2 is 2.14 bits per heavy atom.